The highest BCUT2D eigenvalue weighted by Gasteiger charge is 2.20. The quantitative estimate of drug-likeness (QED) is 0.709. The zero-order valence-electron chi connectivity index (χ0n) is 14.9. The molecule has 0 aliphatic carbocycles. The molecule has 0 saturated heterocycles. The number of methoxy groups -OCH3 is 1. The summed E-state index contributed by atoms with van der Waals surface area (Å²) in [6, 6.07) is 11.3. The number of carbonyl (C=O) groups is 1. The lowest BCUT2D eigenvalue weighted by molar-refractivity contribution is -0.119. The van der Waals surface area contributed by atoms with E-state index in [2.05, 4.69) is 19.2 Å². The highest BCUT2D eigenvalue weighted by atomic mass is 35.5. The number of rotatable bonds is 8. The van der Waals surface area contributed by atoms with E-state index in [9.17, 15) is 4.79 Å². The summed E-state index contributed by atoms with van der Waals surface area (Å²) in [6.45, 7) is 4.46. The Labute approximate surface area is 163 Å². The number of amides is 1. The number of benzene rings is 2. The van der Waals surface area contributed by atoms with Gasteiger partial charge in [0.1, 0.15) is 0 Å². The van der Waals surface area contributed by atoms with E-state index in [1.54, 1.807) is 6.07 Å². The second-order valence-corrected chi connectivity index (χ2v) is 7.19. The van der Waals surface area contributed by atoms with Crippen LogP contribution >= 0.6 is 23.2 Å². The second kappa shape index (κ2) is 8.62. The van der Waals surface area contributed by atoms with Crippen LogP contribution in [-0.4, -0.2) is 19.6 Å². The first-order valence-electron chi connectivity index (χ1n) is 8.01. The molecule has 5 nitrogen and oxygen atoms in total. The first-order chi connectivity index (χ1) is 12.2. The van der Waals surface area contributed by atoms with Crippen molar-refractivity contribution in [1.82, 2.24) is 5.32 Å². The predicted molar refractivity (Wildman–Crippen MR) is 104 cm³/mol. The maximum atomic E-state index is 10.9. The summed E-state index contributed by atoms with van der Waals surface area (Å²) in [5, 5.41) is 4.54. The topological polar surface area (TPSA) is 73.6 Å². The van der Waals surface area contributed by atoms with E-state index in [1.807, 2.05) is 30.3 Å². The Morgan fingerprint density at radius 2 is 1.85 bits per heavy atom. The van der Waals surface area contributed by atoms with Gasteiger partial charge in [0.15, 0.2) is 18.1 Å². The predicted octanol–water partition coefficient (Wildman–Crippen LogP) is 3.89. The van der Waals surface area contributed by atoms with Gasteiger partial charge in [0, 0.05) is 17.1 Å². The summed E-state index contributed by atoms with van der Waals surface area (Å²) in [5.74, 6) is 0.159. The van der Waals surface area contributed by atoms with Crippen molar-refractivity contribution in [3.8, 4) is 11.5 Å². The van der Waals surface area contributed by atoms with Gasteiger partial charge in [-0.15, -0.1) is 0 Å². The Hall–Kier alpha value is -1.95. The Balaban J connectivity index is 2.15. The van der Waals surface area contributed by atoms with Gasteiger partial charge < -0.3 is 20.5 Å². The third kappa shape index (κ3) is 5.27. The molecule has 0 aromatic heterocycles. The Kier molecular flexibility index (Phi) is 6.75. The monoisotopic (exact) mass is 396 g/mol. The lowest BCUT2D eigenvalue weighted by atomic mass is 9.94. The molecule has 0 fully saturated rings. The third-order valence-electron chi connectivity index (χ3n) is 3.95. The van der Waals surface area contributed by atoms with E-state index in [1.165, 1.54) is 7.11 Å². The fourth-order valence-corrected chi connectivity index (χ4v) is 2.86. The van der Waals surface area contributed by atoms with Crippen LogP contribution in [0.15, 0.2) is 36.4 Å². The van der Waals surface area contributed by atoms with Crippen LogP contribution in [0.1, 0.15) is 25.0 Å². The smallest absolute Gasteiger partial charge is 0.255 e. The molecule has 0 aliphatic rings. The molecule has 0 saturated carbocycles. The maximum Gasteiger partial charge on any atom is 0.255 e. The van der Waals surface area contributed by atoms with Gasteiger partial charge in [0.25, 0.3) is 5.91 Å². The van der Waals surface area contributed by atoms with Gasteiger partial charge >= 0.3 is 0 Å². The molecular formula is C19H22Cl2N2O3. The molecule has 7 heteroatoms. The lowest BCUT2D eigenvalue weighted by Crippen LogP contribution is -2.35. The van der Waals surface area contributed by atoms with Crippen LogP contribution in [0.4, 0.5) is 0 Å². The number of ether oxygens (including phenoxy) is 2. The van der Waals surface area contributed by atoms with Crippen LogP contribution in [0.25, 0.3) is 0 Å². The normalized spacial score (nSPS) is 11.3. The first-order valence-corrected chi connectivity index (χ1v) is 8.77. The number of nitrogens with one attached hydrogen (secondary N) is 1. The van der Waals surface area contributed by atoms with E-state index in [0.717, 1.165) is 11.1 Å². The van der Waals surface area contributed by atoms with Crippen LogP contribution in [0, 0.1) is 0 Å². The van der Waals surface area contributed by atoms with Crippen molar-refractivity contribution >= 4 is 29.1 Å². The molecule has 3 N–H and O–H groups in total. The van der Waals surface area contributed by atoms with Crippen molar-refractivity contribution in [2.75, 3.05) is 13.7 Å². The minimum absolute atomic E-state index is 0.267. The van der Waals surface area contributed by atoms with Gasteiger partial charge in [-0.2, -0.15) is 0 Å². The first kappa shape index (κ1) is 20.4. The average Bonchev–Trinajstić information content (AvgIpc) is 2.58. The van der Waals surface area contributed by atoms with Gasteiger partial charge in [-0.1, -0.05) is 35.3 Å². The van der Waals surface area contributed by atoms with E-state index >= 15 is 0 Å². The zero-order valence-corrected chi connectivity index (χ0v) is 16.4. The SMILES string of the molecule is COc1cc(CNC(C)(C)c2ccc(Cl)cc2)cc(Cl)c1OCC(N)=O. The van der Waals surface area contributed by atoms with Gasteiger partial charge in [-0.25, -0.2) is 0 Å². The molecule has 0 aliphatic heterocycles. The fourth-order valence-electron chi connectivity index (χ4n) is 2.45. The molecular weight excluding hydrogens is 375 g/mol. The number of nitrogens with two attached hydrogens (primary N) is 1. The Bertz CT molecular complexity index is 777. The highest BCUT2D eigenvalue weighted by molar-refractivity contribution is 6.32. The van der Waals surface area contributed by atoms with Gasteiger partial charge in [-0.05, 0) is 49.2 Å². The van der Waals surface area contributed by atoms with Gasteiger partial charge in [-0.3, -0.25) is 4.79 Å². The zero-order chi connectivity index (χ0) is 19.3. The number of hydrogen-bond acceptors (Lipinski definition) is 4. The largest absolute Gasteiger partial charge is 0.493 e. The molecule has 0 heterocycles. The van der Waals surface area contributed by atoms with Gasteiger partial charge in [0.2, 0.25) is 0 Å². The van der Waals surface area contributed by atoms with Crippen molar-refractivity contribution < 1.29 is 14.3 Å². The fraction of sp³-hybridized carbons (Fsp3) is 0.316. The molecule has 0 unspecified atom stereocenters. The van der Waals surface area contributed by atoms with Crippen molar-refractivity contribution in [3.05, 3.63) is 57.6 Å². The second-order valence-electron chi connectivity index (χ2n) is 6.35. The summed E-state index contributed by atoms with van der Waals surface area (Å²) in [6.07, 6.45) is 0. The third-order valence-corrected chi connectivity index (χ3v) is 4.48. The minimum atomic E-state index is -0.585. The highest BCUT2D eigenvalue weighted by Crippen LogP contribution is 2.36. The van der Waals surface area contributed by atoms with Crippen LogP contribution in [0.3, 0.4) is 0 Å². The van der Waals surface area contributed by atoms with Crippen molar-refractivity contribution in [1.29, 1.82) is 0 Å². The van der Waals surface area contributed by atoms with Crippen molar-refractivity contribution in [2.45, 2.75) is 25.9 Å². The molecule has 0 radical (unpaired) electrons. The van der Waals surface area contributed by atoms with Crippen molar-refractivity contribution in [2.24, 2.45) is 5.73 Å². The molecule has 0 atom stereocenters. The number of primary amides is 1. The summed E-state index contributed by atoms with van der Waals surface area (Å²) in [5.41, 5.74) is 6.86. The van der Waals surface area contributed by atoms with E-state index in [4.69, 9.17) is 38.4 Å². The lowest BCUT2D eigenvalue weighted by Gasteiger charge is -2.27. The average molecular weight is 397 g/mol. The molecule has 0 spiro atoms. The standard InChI is InChI=1S/C19H22Cl2N2O3/c1-19(2,13-4-6-14(20)7-5-13)23-10-12-8-15(21)18(16(9-12)25-3)26-11-17(22)24/h4-9,23H,10-11H2,1-3H3,(H2,22,24). The summed E-state index contributed by atoms with van der Waals surface area (Å²) in [4.78, 5) is 10.9. The Morgan fingerprint density at radius 3 is 2.42 bits per heavy atom. The molecule has 2 aromatic carbocycles. The summed E-state index contributed by atoms with van der Waals surface area (Å²) in [7, 11) is 1.51. The summed E-state index contributed by atoms with van der Waals surface area (Å²) < 4.78 is 10.7. The molecule has 0 bridgehead atoms. The Morgan fingerprint density at radius 1 is 1.19 bits per heavy atom. The molecule has 2 rings (SSSR count). The maximum absolute atomic E-state index is 10.9. The van der Waals surface area contributed by atoms with Crippen LogP contribution in [-0.2, 0) is 16.9 Å². The number of hydrogen-bond donors (Lipinski definition) is 2. The van der Waals surface area contributed by atoms with Crippen LogP contribution in [0.2, 0.25) is 10.0 Å². The van der Waals surface area contributed by atoms with E-state index in [-0.39, 0.29) is 12.1 Å². The minimum Gasteiger partial charge on any atom is -0.493 e. The van der Waals surface area contributed by atoms with Crippen LogP contribution in [0.5, 0.6) is 11.5 Å². The van der Waals surface area contributed by atoms with E-state index in [0.29, 0.717) is 28.1 Å². The van der Waals surface area contributed by atoms with Crippen molar-refractivity contribution in [3.63, 3.8) is 0 Å². The molecule has 140 valence electrons. The van der Waals surface area contributed by atoms with Gasteiger partial charge in [0.05, 0.1) is 12.1 Å². The van der Waals surface area contributed by atoms with E-state index < -0.39 is 5.91 Å². The molecule has 26 heavy (non-hydrogen) atoms. The number of halogens is 2. The van der Waals surface area contributed by atoms with Crippen LogP contribution < -0.4 is 20.5 Å². The molecule has 1 amide bonds. The number of carbonyl (C=O) groups excluding carboxylic acids is 1. The molecule has 2 aromatic rings. The summed E-state index contributed by atoms with van der Waals surface area (Å²) >= 11 is 12.2.